The van der Waals surface area contributed by atoms with E-state index in [0.717, 1.165) is 38.3 Å². The Labute approximate surface area is 147 Å². The number of carbonyl (C=O) groups excluding carboxylic acids is 1. The monoisotopic (exact) mass is 340 g/mol. The van der Waals surface area contributed by atoms with Crippen LogP contribution in [0.3, 0.4) is 0 Å². The van der Waals surface area contributed by atoms with Crippen molar-refractivity contribution in [2.24, 2.45) is 0 Å². The van der Waals surface area contributed by atoms with Crippen LogP contribution in [-0.2, 0) is 19.6 Å². The van der Waals surface area contributed by atoms with Gasteiger partial charge in [0.05, 0.1) is 11.8 Å². The Balaban J connectivity index is 1.48. The zero-order valence-electron chi connectivity index (χ0n) is 14.3. The van der Waals surface area contributed by atoms with E-state index in [9.17, 15) is 9.90 Å². The van der Waals surface area contributed by atoms with E-state index in [0.29, 0.717) is 25.2 Å². The lowest BCUT2D eigenvalue weighted by molar-refractivity contribution is 0.0758. The quantitative estimate of drug-likeness (QED) is 0.920. The molecule has 6 nitrogen and oxygen atoms in total. The smallest absolute Gasteiger partial charge is 0.274 e. The number of aliphatic hydroxyl groups excluding tert-OH is 1. The average molecular weight is 340 g/mol. The number of aromatic nitrogens is 2. The molecule has 2 aliphatic heterocycles. The lowest BCUT2D eigenvalue weighted by atomic mass is 10.2. The van der Waals surface area contributed by atoms with Crippen molar-refractivity contribution in [3.8, 4) is 0 Å². The van der Waals surface area contributed by atoms with Crippen molar-refractivity contribution < 1.29 is 9.90 Å². The maximum Gasteiger partial charge on any atom is 0.274 e. The van der Waals surface area contributed by atoms with Crippen molar-refractivity contribution in [1.82, 2.24) is 19.6 Å². The van der Waals surface area contributed by atoms with Crippen molar-refractivity contribution >= 4 is 5.91 Å². The summed E-state index contributed by atoms with van der Waals surface area (Å²) in [6.45, 7) is 4.62. The number of hydrogen-bond donors (Lipinski definition) is 1. The summed E-state index contributed by atoms with van der Waals surface area (Å²) in [5.74, 6) is -0.0632. The van der Waals surface area contributed by atoms with Gasteiger partial charge in [0.25, 0.3) is 5.91 Å². The molecular formula is C19H24N4O2. The van der Waals surface area contributed by atoms with E-state index >= 15 is 0 Å². The summed E-state index contributed by atoms with van der Waals surface area (Å²) in [5.41, 5.74) is 2.90. The van der Waals surface area contributed by atoms with Crippen LogP contribution >= 0.6 is 0 Å². The van der Waals surface area contributed by atoms with Crippen LogP contribution in [0.1, 0.15) is 34.6 Å². The van der Waals surface area contributed by atoms with Gasteiger partial charge in [-0.05, 0) is 24.5 Å². The summed E-state index contributed by atoms with van der Waals surface area (Å²) in [6.07, 6.45) is 1.28. The van der Waals surface area contributed by atoms with Crippen molar-refractivity contribution in [3.05, 3.63) is 53.3 Å². The number of nitrogens with zero attached hydrogens (tertiary/aromatic N) is 4. The number of amides is 1. The molecule has 132 valence electrons. The molecule has 3 heterocycles. The SMILES string of the molecule is O=C(c1cc2n(n1)CCCN(Cc1ccccc1)C2)N1CC[C@H](O)C1. The standard InChI is InChI=1S/C19H24N4O2/c24-17-7-10-22(14-17)19(25)18-11-16-13-21(8-4-9-23(16)20-18)12-15-5-2-1-3-6-15/h1-3,5-6,11,17,24H,4,7-10,12-14H2/t17-/m0/s1. The van der Waals surface area contributed by atoms with Crippen LogP contribution in [0.15, 0.2) is 36.4 Å². The maximum atomic E-state index is 12.6. The molecule has 1 aromatic carbocycles. The molecule has 25 heavy (non-hydrogen) atoms. The molecule has 0 saturated carbocycles. The molecule has 1 fully saturated rings. The van der Waals surface area contributed by atoms with Crippen molar-refractivity contribution in [3.63, 3.8) is 0 Å². The summed E-state index contributed by atoms with van der Waals surface area (Å²) in [7, 11) is 0. The van der Waals surface area contributed by atoms with E-state index < -0.39 is 6.10 Å². The van der Waals surface area contributed by atoms with Gasteiger partial charge in [0, 0.05) is 39.3 Å². The van der Waals surface area contributed by atoms with Gasteiger partial charge in [0.15, 0.2) is 5.69 Å². The third kappa shape index (κ3) is 3.60. The molecule has 4 rings (SSSR count). The van der Waals surface area contributed by atoms with E-state index in [1.807, 2.05) is 16.8 Å². The van der Waals surface area contributed by atoms with E-state index in [1.165, 1.54) is 5.56 Å². The van der Waals surface area contributed by atoms with Gasteiger partial charge >= 0.3 is 0 Å². The van der Waals surface area contributed by atoms with Crippen molar-refractivity contribution in [2.75, 3.05) is 19.6 Å². The van der Waals surface area contributed by atoms with Crippen LogP contribution in [-0.4, -0.2) is 56.3 Å². The predicted octanol–water partition coefficient (Wildman–Crippen LogP) is 1.50. The minimum Gasteiger partial charge on any atom is -0.391 e. The summed E-state index contributed by atoms with van der Waals surface area (Å²) in [5, 5.41) is 14.2. The molecular weight excluding hydrogens is 316 g/mol. The Morgan fingerprint density at radius 1 is 1.20 bits per heavy atom. The lowest BCUT2D eigenvalue weighted by Crippen LogP contribution is -2.30. The number of rotatable bonds is 3. The Morgan fingerprint density at radius 3 is 2.80 bits per heavy atom. The molecule has 0 radical (unpaired) electrons. The summed E-state index contributed by atoms with van der Waals surface area (Å²) in [4.78, 5) is 16.7. The Bertz CT molecular complexity index is 743. The number of aryl methyl sites for hydroxylation is 1. The van der Waals surface area contributed by atoms with E-state index in [-0.39, 0.29) is 5.91 Å². The number of β-amino-alcohol motifs (C(OH)–C–C–N with tert-alkyl or cyclic N) is 1. The average Bonchev–Trinajstić information content (AvgIpc) is 3.17. The molecule has 1 amide bonds. The van der Waals surface area contributed by atoms with Crippen LogP contribution in [0.4, 0.5) is 0 Å². The normalized spacial score (nSPS) is 21.2. The van der Waals surface area contributed by atoms with Crippen LogP contribution in [0, 0.1) is 0 Å². The van der Waals surface area contributed by atoms with Crippen LogP contribution in [0.2, 0.25) is 0 Å². The lowest BCUT2D eigenvalue weighted by Gasteiger charge is -2.19. The molecule has 1 aromatic heterocycles. The molecule has 0 aliphatic carbocycles. The third-order valence-corrected chi connectivity index (χ3v) is 5.01. The first kappa shape index (κ1) is 16.3. The highest BCUT2D eigenvalue weighted by atomic mass is 16.3. The molecule has 1 N–H and O–H groups in total. The Hall–Kier alpha value is -2.18. The molecule has 1 saturated heterocycles. The van der Waals surface area contributed by atoms with E-state index in [2.05, 4.69) is 34.3 Å². The van der Waals surface area contributed by atoms with Gasteiger partial charge in [-0.1, -0.05) is 30.3 Å². The van der Waals surface area contributed by atoms with E-state index in [4.69, 9.17) is 0 Å². The van der Waals surface area contributed by atoms with Crippen LogP contribution in [0.5, 0.6) is 0 Å². The zero-order valence-corrected chi connectivity index (χ0v) is 14.3. The summed E-state index contributed by atoms with van der Waals surface area (Å²) < 4.78 is 1.98. The second-order valence-corrected chi connectivity index (χ2v) is 6.99. The number of likely N-dealkylation sites (tertiary alicyclic amines) is 1. The van der Waals surface area contributed by atoms with Gasteiger partial charge in [-0.25, -0.2) is 0 Å². The summed E-state index contributed by atoms with van der Waals surface area (Å²) in [6, 6.07) is 12.4. The molecule has 0 bridgehead atoms. The molecule has 2 aromatic rings. The van der Waals surface area contributed by atoms with Gasteiger partial charge in [-0.15, -0.1) is 0 Å². The Morgan fingerprint density at radius 2 is 2.04 bits per heavy atom. The second-order valence-electron chi connectivity index (χ2n) is 6.99. The molecule has 0 spiro atoms. The number of benzene rings is 1. The van der Waals surface area contributed by atoms with Crippen LogP contribution in [0.25, 0.3) is 0 Å². The Kier molecular flexibility index (Phi) is 4.55. The van der Waals surface area contributed by atoms with Crippen LogP contribution < -0.4 is 0 Å². The van der Waals surface area contributed by atoms with Gasteiger partial charge in [-0.2, -0.15) is 5.10 Å². The number of carbonyl (C=O) groups is 1. The maximum absolute atomic E-state index is 12.6. The largest absolute Gasteiger partial charge is 0.391 e. The zero-order chi connectivity index (χ0) is 17.2. The van der Waals surface area contributed by atoms with Gasteiger partial charge < -0.3 is 10.0 Å². The molecule has 1 atom stereocenters. The highest BCUT2D eigenvalue weighted by Crippen LogP contribution is 2.19. The predicted molar refractivity (Wildman–Crippen MR) is 93.9 cm³/mol. The minimum atomic E-state index is -0.397. The van der Waals surface area contributed by atoms with Gasteiger partial charge in [0.1, 0.15) is 0 Å². The summed E-state index contributed by atoms with van der Waals surface area (Å²) >= 11 is 0. The van der Waals surface area contributed by atoms with Crippen molar-refractivity contribution in [2.45, 2.75) is 38.6 Å². The first-order valence-corrected chi connectivity index (χ1v) is 8.99. The van der Waals surface area contributed by atoms with Gasteiger partial charge in [0.2, 0.25) is 0 Å². The number of hydrogen-bond acceptors (Lipinski definition) is 4. The number of aliphatic hydroxyl groups is 1. The highest BCUT2D eigenvalue weighted by Gasteiger charge is 2.28. The minimum absolute atomic E-state index is 0.0632. The molecule has 0 unspecified atom stereocenters. The highest BCUT2D eigenvalue weighted by molar-refractivity contribution is 5.92. The molecule has 2 aliphatic rings. The number of fused-ring (bicyclic) bond motifs is 1. The fourth-order valence-corrected chi connectivity index (χ4v) is 3.70. The fraction of sp³-hybridized carbons (Fsp3) is 0.474. The first-order chi connectivity index (χ1) is 12.2. The fourth-order valence-electron chi connectivity index (χ4n) is 3.70. The third-order valence-electron chi connectivity index (χ3n) is 5.01. The molecule has 6 heteroatoms. The topological polar surface area (TPSA) is 61.6 Å². The van der Waals surface area contributed by atoms with E-state index in [1.54, 1.807) is 4.90 Å². The first-order valence-electron chi connectivity index (χ1n) is 8.99. The van der Waals surface area contributed by atoms with Gasteiger partial charge in [-0.3, -0.25) is 14.4 Å². The van der Waals surface area contributed by atoms with Crippen molar-refractivity contribution in [1.29, 1.82) is 0 Å². The second kappa shape index (κ2) is 6.98.